The van der Waals surface area contributed by atoms with Gasteiger partial charge in [0.05, 0.1) is 5.60 Å². The molecule has 20 heavy (non-hydrogen) atoms. The number of ether oxygens (including phenoxy) is 1. The Labute approximate surface area is 126 Å². The number of nitrogens with one attached hydrogen (secondary N) is 1. The molecule has 1 atom stereocenters. The van der Waals surface area contributed by atoms with Crippen LogP contribution in [0.15, 0.2) is 24.3 Å². The van der Waals surface area contributed by atoms with Crippen LogP contribution in [-0.2, 0) is 4.74 Å². The molecular formula is C16H24ClNO2. The highest BCUT2D eigenvalue weighted by Crippen LogP contribution is 2.39. The SMILES string of the molecule is COCCC(C)(O)CNC1CC(c2ccccc2Cl)C1. The summed E-state index contributed by atoms with van der Waals surface area (Å²) in [4.78, 5) is 0. The van der Waals surface area contributed by atoms with E-state index in [4.69, 9.17) is 16.3 Å². The Morgan fingerprint density at radius 2 is 2.10 bits per heavy atom. The second kappa shape index (κ2) is 6.90. The largest absolute Gasteiger partial charge is 0.389 e. The van der Waals surface area contributed by atoms with E-state index in [0.717, 1.165) is 17.9 Å². The Morgan fingerprint density at radius 1 is 1.40 bits per heavy atom. The van der Waals surface area contributed by atoms with Crippen molar-refractivity contribution in [2.45, 2.75) is 43.7 Å². The minimum atomic E-state index is -0.703. The molecule has 0 radical (unpaired) electrons. The summed E-state index contributed by atoms with van der Waals surface area (Å²) in [6.45, 7) is 3.04. The maximum atomic E-state index is 10.2. The Morgan fingerprint density at radius 3 is 2.75 bits per heavy atom. The third kappa shape index (κ3) is 4.19. The normalized spacial score (nSPS) is 25.0. The van der Waals surface area contributed by atoms with E-state index in [9.17, 15) is 5.11 Å². The van der Waals surface area contributed by atoms with Gasteiger partial charge in [0.2, 0.25) is 0 Å². The molecule has 0 heterocycles. The Kier molecular flexibility index (Phi) is 5.44. The fourth-order valence-corrected chi connectivity index (χ4v) is 2.91. The van der Waals surface area contributed by atoms with E-state index < -0.39 is 5.60 Å². The van der Waals surface area contributed by atoms with Crippen LogP contribution in [-0.4, -0.2) is 37.0 Å². The Balaban J connectivity index is 1.73. The van der Waals surface area contributed by atoms with Crippen LogP contribution in [0.3, 0.4) is 0 Å². The molecule has 1 unspecified atom stereocenters. The molecule has 2 rings (SSSR count). The number of hydrogen-bond donors (Lipinski definition) is 2. The number of benzene rings is 1. The molecule has 2 N–H and O–H groups in total. The lowest BCUT2D eigenvalue weighted by Gasteiger charge is -2.38. The van der Waals surface area contributed by atoms with E-state index >= 15 is 0 Å². The van der Waals surface area contributed by atoms with Crippen LogP contribution < -0.4 is 5.32 Å². The second-order valence-electron chi connectivity index (χ2n) is 6.01. The molecule has 1 aromatic carbocycles. The average Bonchev–Trinajstić information content (AvgIpc) is 2.36. The summed E-state index contributed by atoms with van der Waals surface area (Å²) in [5, 5.41) is 14.5. The van der Waals surface area contributed by atoms with E-state index in [2.05, 4.69) is 11.4 Å². The number of aliphatic hydroxyl groups is 1. The van der Waals surface area contributed by atoms with Gasteiger partial charge in [-0.3, -0.25) is 0 Å². The van der Waals surface area contributed by atoms with E-state index in [0.29, 0.717) is 31.5 Å². The van der Waals surface area contributed by atoms with Gasteiger partial charge in [-0.2, -0.15) is 0 Å². The molecule has 1 aliphatic carbocycles. The van der Waals surface area contributed by atoms with Crippen LogP contribution in [0, 0.1) is 0 Å². The third-order valence-corrected chi connectivity index (χ3v) is 4.44. The summed E-state index contributed by atoms with van der Waals surface area (Å²) in [6, 6.07) is 8.54. The van der Waals surface area contributed by atoms with Gasteiger partial charge >= 0.3 is 0 Å². The molecule has 0 amide bonds. The van der Waals surface area contributed by atoms with Crippen molar-refractivity contribution >= 4 is 11.6 Å². The molecule has 1 aromatic rings. The van der Waals surface area contributed by atoms with Gasteiger partial charge in [-0.05, 0) is 37.3 Å². The standard InChI is InChI=1S/C16H24ClNO2/c1-16(19,7-8-20-2)11-18-13-9-12(10-13)14-5-3-4-6-15(14)17/h3-6,12-13,18-19H,7-11H2,1-2H3. The molecule has 1 aliphatic rings. The van der Waals surface area contributed by atoms with E-state index in [1.807, 2.05) is 25.1 Å². The first-order valence-electron chi connectivity index (χ1n) is 7.21. The van der Waals surface area contributed by atoms with Gasteiger partial charge in [0.1, 0.15) is 0 Å². The summed E-state index contributed by atoms with van der Waals surface area (Å²) in [5.41, 5.74) is 0.546. The minimum Gasteiger partial charge on any atom is -0.389 e. The maximum Gasteiger partial charge on any atom is 0.0765 e. The Bertz CT molecular complexity index is 430. The van der Waals surface area contributed by atoms with Crippen LogP contribution in [0.2, 0.25) is 5.02 Å². The monoisotopic (exact) mass is 297 g/mol. The van der Waals surface area contributed by atoms with Crippen molar-refractivity contribution in [2.24, 2.45) is 0 Å². The molecule has 0 aromatic heterocycles. The molecule has 3 nitrogen and oxygen atoms in total. The number of halogens is 1. The van der Waals surface area contributed by atoms with E-state index in [-0.39, 0.29) is 0 Å². The summed E-state index contributed by atoms with van der Waals surface area (Å²) in [5.74, 6) is 0.546. The first-order chi connectivity index (χ1) is 9.52. The zero-order valence-electron chi connectivity index (χ0n) is 12.2. The smallest absolute Gasteiger partial charge is 0.0765 e. The van der Waals surface area contributed by atoms with Crippen LogP contribution in [0.1, 0.15) is 37.7 Å². The molecule has 1 saturated carbocycles. The van der Waals surface area contributed by atoms with Crippen LogP contribution >= 0.6 is 11.6 Å². The van der Waals surface area contributed by atoms with E-state index in [1.165, 1.54) is 5.56 Å². The maximum absolute atomic E-state index is 10.2. The zero-order chi connectivity index (χ0) is 14.6. The number of rotatable bonds is 7. The van der Waals surface area contributed by atoms with E-state index in [1.54, 1.807) is 7.11 Å². The quantitative estimate of drug-likeness (QED) is 0.813. The topological polar surface area (TPSA) is 41.5 Å². The van der Waals surface area contributed by atoms with Gasteiger partial charge in [0, 0.05) is 37.7 Å². The van der Waals surface area contributed by atoms with Crippen molar-refractivity contribution in [1.82, 2.24) is 5.32 Å². The van der Waals surface area contributed by atoms with Crippen molar-refractivity contribution < 1.29 is 9.84 Å². The number of methoxy groups -OCH3 is 1. The average molecular weight is 298 g/mol. The summed E-state index contributed by atoms with van der Waals surface area (Å²) in [6.07, 6.45) is 2.82. The predicted molar refractivity (Wildman–Crippen MR) is 82.3 cm³/mol. The lowest BCUT2D eigenvalue weighted by molar-refractivity contribution is 0.0197. The van der Waals surface area contributed by atoms with Crippen molar-refractivity contribution in [3.8, 4) is 0 Å². The fraction of sp³-hybridized carbons (Fsp3) is 0.625. The van der Waals surface area contributed by atoms with Crippen molar-refractivity contribution in [3.63, 3.8) is 0 Å². The van der Waals surface area contributed by atoms with Crippen LogP contribution in [0.25, 0.3) is 0 Å². The fourth-order valence-electron chi connectivity index (χ4n) is 2.62. The van der Waals surface area contributed by atoms with Crippen LogP contribution in [0.4, 0.5) is 0 Å². The molecule has 1 fully saturated rings. The second-order valence-corrected chi connectivity index (χ2v) is 6.41. The van der Waals surface area contributed by atoms with Gasteiger partial charge in [-0.25, -0.2) is 0 Å². The first kappa shape index (κ1) is 15.8. The molecule has 112 valence electrons. The molecular weight excluding hydrogens is 274 g/mol. The lowest BCUT2D eigenvalue weighted by Crippen LogP contribution is -2.47. The first-order valence-corrected chi connectivity index (χ1v) is 7.59. The van der Waals surface area contributed by atoms with Gasteiger partial charge in [0.25, 0.3) is 0 Å². The lowest BCUT2D eigenvalue weighted by atomic mass is 9.75. The van der Waals surface area contributed by atoms with Crippen molar-refractivity contribution in [1.29, 1.82) is 0 Å². The highest BCUT2D eigenvalue weighted by Gasteiger charge is 2.32. The summed E-state index contributed by atoms with van der Waals surface area (Å²) >= 11 is 6.21. The van der Waals surface area contributed by atoms with Gasteiger partial charge in [-0.15, -0.1) is 0 Å². The third-order valence-electron chi connectivity index (χ3n) is 4.10. The molecule has 4 heteroatoms. The van der Waals surface area contributed by atoms with Crippen molar-refractivity contribution in [3.05, 3.63) is 34.9 Å². The molecule has 0 aliphatic heterocycles. The van der Waals surface area contributed by atoms with Gasteiger partial charge < -0.3 is 15.2 Å². The highest BCUT2D eigenvalue weighted by molar-refractivity contribution is 6.31. The van der Waals surface area contributed by atoms with Gasteiger partial charge in [0.15, 0.2) is 0 Å². The van der Waals surface area contributed by atoms with Crippen molar-refractivity contribution in [2.75, 3.05) is 20.3 Å². The predicted octanol–water partition coefficient (Wildman–Crippen LogP) is 2.96. The van der Waals surface area contributed by atoms with Crippen LogP contribution in [0.5, 0.6) is 0 Å². The van der Waals surface area contributed by atoms with Gasteiger partial charge in [-0.1, -0.05) is 29.8 Å². The minimum absolute atomic E-state index is 0.477. The molecule has 0 saturated heterocycles. The molecule has 0 bridgehead atoms. The number of hydrogen-bond acceptors (Lipinski definition) is 3. The summed E-state index contributed by atoms with van der Waals surface area (Å²) in [7, 11) is 1.66. The summed E-state index contributed by atoms with van der Waals surface area (Å²) < 4.78 is 5.01. The zero-order valence-corrected chi connectivity index (χ0v) is 13.0. The highest BCUT2D eigenvalue weighted by atomic mass is 35.5. The Hall–Kier alpha value is -0.610. The molecule has 0 spiro atoms.